The number of pyridine rings is 2. The number of aromatic nitrogens is 4. The Morgan fingerprint density at radius 3 is 2.44 bits per heavy atom. The zero-order valence-corrected chi connectivity index (χ0v) is 13.7. The van der Waals surface area contributed by atoms with Crippen LogP contribution < -0.4 is 0 Å². The van der Waals surface area contributed by atoms with Gasteiger partial charge in [0, 0.05) is 28.6 Å². The van der Waals surface area contributed by atoms with E-state index in [0.717, 1.165) is 35.8 Å². The molecule has 3 heterocycles. The van der Waals surface area contributed by atoms with Crippen molar-refractivity contribution in [2.45, 2.75) is 31.1 Å². The van der Waals surface area contributed by atoms with Crippen LogP contribution in [0.15, 0.2) is 48.9 Å². The van der Waals surface area contributed by atoms with Gasteiger partial charge in [-0.15, -0.1) is 0 Å². The second kappa shape index (κ2) is 4.82. The van der Waals surface area contributed by atoms with Crippen LogP contribution in [0.25, 0.3) is 21.9 Å². The Labute approximate surface area is 145 Å². The third-order valence-corrected chi connectivity index (χ3v) is 5.72. The van der Waals surface area contributed by atoms with Gasteiger partial charge < -0.3 is 0 Å². The molecule has 0 saturated heterocycles. The number of benzene rings is 1. The summed E-state index contributed by atoms with van der Waals surface area (Å²) < 4.78 is 0. The van der Waals surface area contributed by atoms with Gasteiger partial charge in [-0.2, -0.15) is 0 Å². The van der Waals surface area contributed by atoms with Crippen LogP contribution in [0.5, 0.6) is 0 Å². The van der Waals surface area contributed by atoms with Crippen LogP contribution in [-0.4, -0.2) is 19.9 Å². The Balaban J connectivity index is 1.54. The van der Waals surface area contributed by atoms with Gasteiger partial charge in [-0.05, 0) is 48.6 Å². The highest BCUT2D eigenvalue weighted by Gasteiger charge is 2.36. The number of para-hydroxylation sites is 1. The molecule has 0 radical (unpaired) electrons. The molecular weight excluding hydrogens is 308 g/mol. The highest BCUT2D eigenvalue weighted by atomic mass is 14.9. The van der Waals surface area contributed by atoms with Crippen molar-refractivity contribution in [3.05, 3.63) is 71.4 Å². The lowest BCUT2D eigenvalue weighted by atomic mass is 9.70. The number of hydrogen-bond acceptors (Lipinski definition) is 4. The SMILES string of the molecule is c1ccc2nc3c(cc2c1)C[C@H]1C[C@@H]3Cc2cc3ncncc3nc21. The van der Waals surface area contributed by atoms with Crippen LogP contribution in [0.2, 0.25) is 0 Å². The van der Waals surface area contributed by atoms with Gasteiger partial charge in [0.15, 0.2) is 0 Å². The molecule has 4 aromatic rings. The first-order valence-corrected chi connectivity index (χ1v) is 8.83. The summed E-state index contributed by atoms with van der Waals surface area (Å²) in [6.45, 7) is 0. The summed E-state index contributed by atoms with van der Waals surface area (Å²) in [5, 5.41) is 1.24. The molecule has 4 heteroatoms. The van der Waals surface area contributed by atoms with Crippen LogP contribution in [0.4, 0.5) is 0 Å². The lowest BCUT2D eigenvalue weighted by molar-refractivity contribution is 0.441. The molecule has 2 bridgehead atoms. The Morgan fingerprint density at radius 2 is 1.56 bits per heavy atom. The Hall–Kier alpha value is -2.88. The number of fused-ring (bicyclic) bond motifs is 8. The fourth-order valence-corrected chi connectivity index (χ4v) is 4.64. The average molecular weight is 324 g/mol. The first kappa shape index (κ1) is 13.4. The monoisotopic (exact) mass is 324 g/mol. The average Bonchev–Trinajstić information content (AvgIpc) is 2.65. The quantitative estimate of drug-likeness (QED) is 0.491. The van der Waals surface area contributed by atoms with Crippen LogP contribution in [-0.2, 0) is 12.8 Å². The highest BCUT2D eigenvalue weighted by molar-refractivity contribution is 5.80. The third-order valence-electron chi connectivity index (χ3n) is 5.72. The first-order valence-electron chi connectivity index (χ1n) is 8.83. The summed E-state index contributed by atoms with van der Waals surface area (Å²) >= 11 is 0. The summed E-state index contributed by atoms with van der Waals surface area (Å²) in [7, 11) is 0. The van der Waals surface area contributed by atoms with Crippen molar-refractivity contribution in [3.8, 4) is 0 Å². The normalized spacial score (nSPS) is 21.1. The van der Waals surface area contributed by atoms with E-state index in [0.29, 0.717) is 11.8 Å². The van der Waals surface area contributed by atoms with Crippen molar-refractivity contribution in [2.24, 2.45) is 0 Å². The van der Waals surface area contributed by atoms with Gasteiger partial charge in [-0.25, -0.2) is 15.0 Å². The van der Waals surface area contributed by atoms with Gasteiger partial charge >= 0.3 is 0 Å². The van der Waals surface area contributed by atoms with Gasteiger partial charge in [0.25, 0.3) is 0 Å². The molecule has 0 fully saturated rings. The second-order valence-corrected chi connectivity index (χ2v) is 7.22. The van der Waals surface area contributed by atoms with E-state index in [4.69, 9.17) is 9.97 Å². The van der Waals surface area contributed by atoms with Crippen molar-refractivity contribution in [2.75, 3.05) is 0 Å². The van der Waals surface area contributed by atoms with E-state index in [9.17, 15) is 0 Å². The molecule has 0 N–H and O–H groups in total. The summed E-state index contributed by atoms with van der Waals surface area (Å²) in [5.41, 5.74) is 8.24. The highest BCUT2D eigenvalue weighted by Crippen LogP contribution is 2.46. The summed E-state index contributed by atoms with van der Waals surface area (Å²) in [4.78, 5) is 18.5. The molecule has 0 aliphatic heterocycles. The van der Waals surface area contributed by atoms with E-state index in [1.165, 1.54) is 27.9 Å². The van der Waals surface area contributed by atoms with E-state index in [-0.39, 0.29) is 0 Å². The topological polar surface area (TPSA) is 51.6 Å². The minimum Gasteiger partial charge on any atom is -0.252 e. The molecule has 2 aliphatic carbocycles. The fourth-order valence-electron chi connectivity index (χ4n) is 4.64. The van der Waals surface area contributed by atoms with Crippen LogP contribution in [0.3, 0.4) is 0 Å². The molecule has 1 aromatic carbocycles. The fraction of sp³-hybridized carbons (Fsp3) is 0.238. The van der Waals surface area contributed by atoms with E-state index < -0.39 is 0 Å². The lowest BCUT2D eigenvalue weighted by Crippen LogP contribution is -2.27. The summed E-state index contributed by atoms with van der Waals surface area (Å²) in [6, 6.07) is 13.0. The molecule has 0 unspecified atom stereocenters. The maximum absolute atomic E-state index is 5.03. The zero-order valence-electron chi connectivity index (χ0n) is 13.7. The van der Waals surface area contributed by atoms with Crippen LogP contribution in [0, 0.1) is 0 Å². The zero-order chi connectivity index (χ0) is 16.4. The van der Waals surface area contributed by atoms with Crippen LogP contribution >= 0.6 is 0 Å². The molecule has 4 nitrogen and oxygen atoms in total. The standard InChI is InChI=1S/C21H16N4/c1-2-4-17-12(3-1)5-13-6-14-7-15(20(13)24-17)8-16-9-18-19(25-21(14)16)10-22-11-23-18/h1-5,9-11,14-15H,6-8H2/t14-,15+/m0/s1. The van der Waals surface area contributed by atoms with E-state index in [1.54, 1.807) is 6.33 Å². The Kier molecular flexibility index (Phi) is 2.59. The largest absolute Gasteiger partial charge is 0.252 e. The van der Waals surface area contributed by atoms with Crippen LogP contribution in [0.1, 0.15) is 40.8 Å². The van der Waals surface area contributed by atoms with Crippen molar-refractivity contribution in [3.63, 3.8) is 0 Å². The van der Waals surface area contributed by atoms with Gasteiger partial charge in [0.1, 0.15) is 11.8 Å². The minimum absolute atomic E-state index is 0.480. The number of hydrogen-bond donors (Lipinski definition) is 0. The van der Waals surface area contributed by atoms with Crippen molar-refractivity contribution in [1.82, 2.24) is 19.9 Å². The third kappa shape index (κ3) is 1.94. The van der Waals surface area contributed by atoms with E-state index >= 15 is 0 Å². The lowest BCUT2D eigenvalue weighted by Gasteiger charge is -2.36. The van der Waals surface area contributed by atoms with Gasteiger partial charge in [-0.3, -0.25) is 4.98 Å². The van der Waals surface area contributed by atoms with E-state index in [1.807, 2.05) is 6.20 Å². The van der Waals surface area contributed by atoms with Gasteiger partial charge in [0.05, 0.1) is 17.2 Å². The Morgan fingerprint density at radius 1 is 0.800 bits per heavy atom. The molecular formula is C21H16N4. The molecule has 6 rings (SSSR count). The summed E-state index contributed by atoms with van der Waals surface area (Å²) in [6.07, 6.45) is 6.61. The smallest absolute Gasteiger partial charge is 0.116 e. The maximum atomic E-state index is 5.03. The number of rotatable bonds is 0. The minimum atomic E-state index is 0.480. The predicted octanol–water partition coefficient (Wildman–Crippen LogP) is 3.94. The molecule has 3 aromatic heterocycles. The Bertz CT molecular complexity index is 1060. The van der Waals surface area contributed by atoms with E-state index in [2.05, 4.69) is 46.4 Å². The number of nitrogens with zero attached hydrogens (tertiary/aromatic N) is 4. The van der Waals surface area contributed by atoms with Gasteiger partial charge in [0.2, 0.25) is 0 Å². The molecule has 2 aliphatic rings. The molecule has 2 atom stereocenters. The maximum Gasteiger partial charge on any atom is 0.116 e. The molecule has 0 spiro atoms. The summed E-state index contributed by atoms with van der Waals surface area (Å²) in [5.74, 6) is 0.973. The second-order valence-electron chi connectivity index (χ2n) is 7.22. The molecule has 0 amide bonds. The molecule has 120 valence electrons. The van der Waals surface area contributed by atoms with Gasteiger partial charge in [-0.1, -0.05) is 18.2 Å². The molecule has 25 heavy (non-hydrogen) atoms. The van der Waals surface area contributed by atoms with Crippen molar-refractivity contribution in [1.29, 1.82) is 0 Å². The molecule has 0 saturated carbocycles. The predicted molar refractivity (Wildman–Crippen MR) is 96.6 cm³/mol. The van der Waals surface area contributed by atoms with Crippen molar-refractivity contribution >= 4 is 21.9 Å². The first-order chi connectivity index (χ1) is 12.3. The van der Waals surface area contributed by atoms with Crippen molar-refractivity contribution < 1.29 is 0 Å².